The first kappa shape index (κ1) is 20.8. The number of hydrogen-bond acceptors (Lipinski definition) is 6. The van der Waals surface area contributed by atoms with Crippen LogP contribution in [0.2, 0.25) is 5.02 Å². The second kappa shape index (κ2) is 8.34. The van der Waals surface area contributed by atoms with E-state index in [4.69, 9.17) is 21.1 Å². The maximum atomic E-state index is 13.1. The van der Waals surface area contributed by atoms with Crippen LogP contribution in [0.15, 0.2) is 43.0 Å². The molecule has 1 amide bonds. The molecule has 1 aliphatic heterocycles. The first-order valence-electron chi connectivity index (χ1n) is 9.00. The van der Waals surface area contributed by atoms with E-state index in [2.05, 4.69) is 20.7 Å². The Hall–Kier alpha value is -3.47. The van der Waals surface area contributed by atoms with Gasteiger partial charge in [0.05, 0.1) is 34.2 Å². The highest BCUT2D eigenvalue weighted by molar-refractivity contribution is 6.33. The Morgan fingerprint density at radius 3 is 2.55 bits per heavy atom. The minimum Gasteiger partial charge on any atom is -0.486 e. The van der Waals surface area contributed by atoms with Crippen LogP contribution in [0.3, 0.4) is 0 Å². The Morgan fingerprint density at radius 2 is 1.87 bits per heavy atom. The molecular formula is C19H15ClF3N5O3. The van der Waals surface area contributed by atoms with E-state index >= 15 is 0 Å². The van der Waals surface area contributed by atoms with E-state index < -0.39 is 17.6 Å². The van der Waals surface area contributed by atoms with Gasteiger partial charge >= 0.3 is 6.18 Å². The van der Waals surface area contributed by atoms with Gasteiger partial charge in [0.25, 0.3) is 0 Å². The number of rotatable bonds is 5. The molecule has 2 aromatic carbocycles. The van der Waals surface area contributed by atoms with E-state index in [0.29, 0.717) is 35.4 Å². The van der Waals surface area contributed by atoms with Crippen molar-refractivity contribution in [2.75, 3.05) is 30.4 Å². The summed E-state index contributed by atoms with van der Waals surface area (Å²) in [6.07, 6.45) is -2.03. The Labute approximate surface area is 178 Å². The number of alkyl halides is 3. The Balaban J connectivity index is 1.52. The average Bonchev–Trinajstić information content (AvgIpc) is 3.26. The summed E-state index contributed by atoms with van der Waals surface area (Å²) in [5.41, 5.74) is -0.326. The third kappa shape index (κ3) is 4.66. The molecule has 12 heteroatoms. The van der Waals surface area contributed by atoms with Crippen molar-refractivity contribution >= 4 is 28.9 Å². The van der Waals surface area contributed by atoms with Crippen molar-refractivity contribution in [2.45, 2.75) is 6.18 Å². The summed E-state index contributed by atoms with van der Waals surface area (Å²) in [4.78, 5) is 16.2. The standard InChI is InChI=1S/C19H15ClF3N5O3/c20-12-6-16-17(31-4-3-30-16)7-13(12)25-8-18(29)27-14-5-11(19(21,22)23)1-2-15(14)28-10-24-9-26-28/h1-2,5-7,9-10,25H,3-4,8H2,(H,27,29). The quantitative estimate of drug-likeness (QED) is 0.611. The zero-order valence-corrected chi connectivity index (χ0v) is 16.5. The third-order valence-corrected chi connectivity index (χ3v) is 4.65. The zero-order valence-electron chi connectivity index (χ0n) is 15.7. The highest BCUT2D eigenvalue weighted by atomic mass is 35.5. The molecule has 4 rings (SSSR count). The molecule has 3 aromatic rings. The maximum Gasteiger partial charge on any atom is 0.416 e. The van der Waals surface area contributed by atoms with Crippen molar-refractivity contribution in [3.8, 4) is 17.2 Å². The summed E-state index contributed by atoms with van der Waals surface area (Å²) in [7, 11) is 0. The van der Waals surface area contributed by atoms with Crippen molar-refractivity contribution in [1.82, 2.24) is 14.8 Å². The van der Waals surface area contributed by atoms with E-state index in [0.717, 1.165) is 12.1 Å². The number of carbonyl (C=O) groups excluding carboxylic acids is 1. The molecule has 0 radical (unpaired) electrons. The lowest BCUT2D eigenvalue weighted by molar-refractivity contribution is -0.137. The number of fused-ring (bicyclic) bond motifs is 1. The molecule has 31 heavy (non-hydrogen) atoms. The summed E-state index contributed by atoms with van der Waals surface area (Å²) >= 11 is 6.20. The second-order valence-corrected chi connectivity index (χ2v) is 6.85. The van der Waals surface area contributed by atoms with E-state index in [9.17, 15) is 18.0 Å². The lowest BCUT2D eigenvalue weighted by atomic mass is 10.1. The Kier molecular flexibility index (Phi) is 5.59. The highest BCUT2D eigenvalue weighted by Gasteiger charge is 2.31. The minimum atomic E-state index is -4.57. The van der Waals surface area contributed by atoms with Gasteiger partial charge in [0.2, 0.25) is 5.91 Å². The first-order valence-corrected chi connectivity index (χ1v) is 9.38. The van der Waals surface area contributed by atoms with E-state index in [1.807, 2.05) is 0 Å². The normalized spacial score (nSPS) is 13.0. The molecular weight excluding hydrogens is 439 g/mol. The maximum absolute atomic E-state index is 13.1. The average molecular weight is 454 g/mol. The topological polar surface area (TPSA) is 90.3 Å². The smallest absolute Gasteiger partial charge is 0.416 e. The number of carbonyl (C=O) groups is 1. The van der Waals surface area contributed by atoms with Gasteiger partial charge in [-0.15, -0.1) is 0 Å². The number of benzene rings is 2. The molecule has 162 valence electrons. The summed E-state index contributed by atoms with van der Waals surface area (Å²) in [5.74, 6) is 0.379. The monoisotopic (exact) mass is 453 g/mol. The van der Waals surface area contributed by atoms with Crippen LogP contribution < -0.4 is 20.1 Å². The predicted octanol–water partition coefficient (Wildman–Crippen LogP) is 3.76. The van der Waals surface area contributed by atoms with Gasteiger partial charge < -0.3 is 20.1 Å². The molecule has 0 atom stereocenters. The van der Waals surface area contributed by atoms with E-state index in [1.54, 1.807) is 12.1 Å². The highest BCUT2D eigenvalue weighted by Crippen LogP contribution is 2.38. The van der Waals surface area contributed by atoms with Gasteiger partial charge in [-0.25, -0.2) is 9.67 Å². The Bertz CT molecular complexity index is 1110. The van der Waals surface area contributed by atoms with Gasteiger partial charge in [0, 0.05) is 12.1 Å². The number of nitrogens with zero attached hydrogens (tertiary/aromatic N) is 3. The number of nitrogens with one attached hydrogen (secondary N) is 2. The number of halogens is 4. The molecule has 0 fully saturated rings. The van der Waals surface area contributed by atoms with Crippen molar-refractivity contribution in [3.05, 3.63) is 53.6 Å². The third-order valence-electron chi connectivity index (χ3n) is 4.33. The summed E-state index contributed by atoms with van der Waals surface area (Å²) < 4.78 is 51.6. The van der Waals surface area contributed by atoms with Crippen molar-refractivity contribution < 1.29 is 27.4 Å². The SMILES string of the molecule is O=C(CNc1cc2c(cc1Cl)OCCO2)Nc1cc(C(F)(F)F)ccc1-n1cncn1. The molecule has 8 nitrogen and oxygen atoms in total. The number of aromatic nitrogens is 3. The van der Waals surface area contributed by atoms with Crippen LogP contribution in [0.5, 0.6) is 11.5 Å². The lowest BCUT2D eigenvalue weighted by Gasteiger charge is -2.20. The minimum absolute atomic E-state index is 0.0691. The van der Waals surface area contributed by atoms with Crippen LogP contribution in [-0.2, 0) is 11.0 Å². The molecule has 0 bridgehead atoms. The van der Waals surface area contributed by atoms with Gasteiger partial charge in [-0.05, 0) is 18.2 Å². The van der Waals surface area contributed by atoms with E-state index in [1.165, 1.54) is 23.4 Å². The molecule has 2 N–H and O–H groups in total. The number of ether oxygens (including phenoxy) is 2. The lowest BCUT2D eigenvalue weighted by Crippen LogP contribution is -2.23. The molecule has 0 saturated carbocycles. The fraction of sp³-hybridized carbons (Fsp3) is 0.211. The first-order chi connectivity index (χ1) is 14.8. The van der Waals surface area contributed by atoms with Crippen molar-refractivity contribution in [3.63, 3.8) is 0 Å². The predicted molar refractivity (Wildman–Crippen MR) is 106 cm³/mol. The number of anilines is 2. The van der Waals surface area contributed by atoms with Gasteiger partial charge in [-0.2, -0.15) is 18.3 Å². The van der Waals surface area contributed by atoms with E-state index in [-0.39, 0.29) is 17.9 Å². The molecule has 1 aromatic heterocycles. The van der Waals surface area contributed by atoms with Crippen LogP contribution in [0.25, 0.3) is 5.69 Å². The second-order valence-electron chi connectivity index (χ2n) is 6.45. The molecule has 0 unspecified atom stereocenters. The Morgan fingerprint density at radius 1 is 1.13 bits per heavy atom. The van der Waals surface area contributed by atoms with Crippen molar-refractivity contribution in [1.29, 1.82) is 0 Å². The van der Waals surface area contributed by atoms with Crippen LogP contribution in [0.1, 0.15) is 5.56 Å². The van der Waals surface area contributed by atoms with Crippen LogP contribution in [0, 0.1) is 0 Å². The van der Waals surface area contributed by atoms with Crippen LogP contribution in [0.4, 0.5) is 24.5 Å². The van der Waals surface area contributed by atoms with Gasteiger partial charge in [0.1, 0.15) is 25.9 Å². The molecule has 0 spiro atoms. The summed E-state index contributed by atoms with van der Waals surface area (Å²) in [6.45, 7) is 0.533. The summed E-state index contributed by atoms with van der Waals surface area (Å²) in [6, 6.07) is 6.10. The number of amides is 1. The van der Waals surface area contributed by atoms with Gasteiger partial charge in [-0.3, -0.25) is 4.79 Å². The zero-order chi connectivity index (χ0) is 22.0. The van der Waals surface area contributed by atoms with Crippen LogP contribution in [-0.4, -0.2) is 40.4 Å². The fourth-order valence-electron chi connectivity index (χ4n) is 2.91. The van der Waals surface area contributed by atoms with Crippen LogP contribution >= 0.6 is 11.6 Å². The molecule has 1 aliphatic rings. The largest absolute Gasteiger partial charge is 0.486 e. The van der Waals surface area contributed by atoms with Gasteiger partial charge in [-0.1, -0.05) is 11.6 Å². The molecule has 0 aliphatic carbocycles. The number of hydrogen-bond donors (Lipinski definition) is 2. The van der Waals surface area contributed by atoms with Gasteiger partial charge in [0.15, 0.2) is 11.5 Å². The molecule has 0 saturated heterocycles. The fourth-order valence-corrected chi connectivity index (χ4v) is 3.13. The summed E-state index contributed by atoms with van der Waals surface area (Å²) in [5, 5.41) is 9.53. The van der Waals surface area contributed by atoms with Crippen molar-refractivity contribution in [2.24, 2.45) is 0 Å². The molecule has 2 heterocycles.